The Kier molecular flexibility index (Phi) is 5.09. The molecule has 4 rings (SSSR count). The zero-order chi connectivity index (χ0) is 20.6. The number of benzene rings is 2. The lowest BCUT2D eigenvalue weighted by Gasteiger charge is -2.35. The molecule has 1 aliphatic carbocycles. The molecule has 1 unspecified atom stereocenters. The van der Waals surface area contributed by atoms with E-state index in [2.05, 4.69) is 0 Å². The average Bonchev–Trinajstić information content (AvgIpc) is 3.00. The monoisotopic (exact) mass is 410 g/mol. The molecule has 0 radical (unpaired) electrons. The van der Waals surface area contributed by atoms with Crippen LogP contribution in [0.25, 0.3) is 10.9 Å². The van der Waals surface area contributed by atoms with Crippen LogP contribution in [-0.4, -0.2) is 26.0 Å². The number of hydrogen-bond donors (Lipinski definition) is 1. The van der Waals surface area contributed by atoms with E-state index in [0.717, 1.165) is 27.7 Å². The Morgan fingerprint density at radius 1 is 1.14 bits per heavy atom. The van der Waals surface area contributed by atoms with Gasteiger partial charge in [-0.1, -0.05) is 55.5 Å². The van der Waals surface area contributed by atoms with Crippen molar-refractivity contribution in [3.63, 3.8) is 0 Å². The lowest BCUT2D eigenvalue weighted by molar-refractivity contribution is -0.138. The van der Waals surface area contributed by atoms with Crippen molar-refractivity contribution >= 4 is 34.6 Å². The molecule has 0 bridgehead atoms. The summed E-state index contributed by atoms with van der Waals surface area (Å²) in [6.07, 6.45) is 1.83. The van der Waals surface area contributed by atoms with Crippen LogP contribution in [0.3, 0.4) is 0 Å². The number of amides is 1. The first-order valence-electron chi connectivity index (χ1n) is 9.71. The van der Waals surface area contributed by atoms with Gasteiger partial charge in [0.15, 0.2) is 0 Å². The lowest BCUT2D eigenvalue weighted by Crippen LogP contribution is -2.41. The third-order valence-corrected chi connectivity index (χ3v) is 6.14. The fourth-order valence-corrected chi connectivity index (χ4v) is 4.73. The van der Waals surface area contributed by atoms with Crippen molar-refractivity contribution < 1.29 is 14.7 Å². The minimum absolute atomic E-state index is 0.0733. The Morgan fingerprint density at radius 3 is 2.55 bits per heavy atom. The number of rotatable bonds is 5. The van der Waals surface area contributed by atoms with Gasteiger partial charge >= 0.3 is 5.97 Å². The van der Waals surface area contributed by atoms with E-state index in [4.69, 9.17) is 11.8 Å². The van der Waals surface area contributed by atoms with E-state index in [1.807, 2.05) is 66.1 Å². The molecule has 1 atom stereocenters. The molecule has 1 aromatic heterocycles. The molecule has 29 heavy (non-hydrogen) atoms. The number of carboxylic acids is 1. The van der Waals surface area contributed by atoms with Crippen molar-refractivity contribution in [1.82, 2.24) is 8.99 Å². The van der Waals surface area contributed by atoms with Crippen LogP contribution in [0.1, 0.15) is 30.2 Å². The average molecular weight is 411 g/mol. The first kappa shape index (κ1) is 19.5. The molecule has 6 heteroatoms. The second kappa shape index (κ2) is 7.56. The second-order valence-electron chi connectivity index (χ2n) is 7.97. The van der Waals surface area contributed by atoms with Crippen LogP contribution in [0, 0.1) is 5.41 Å². The van der Waals surface area contributed by atoms with E-state index >= 15 is 0 Å². The number of nitrogens with zero attached hydrogens (tertiary/aromatic N) is 2. The number of carboxylic acid groups (broad SMARTS) is 1. The van der Waals surface area contributed by atoms with Crippen molar-refractivity contribution in [3.05, 3.63) is 71.4 Å². The van der Waals surface area contributed by atoms with E-state index in [9.17, 15) is 14.7 Å². The summed E-state index contributed by atoms with van der Waals surface area (Å²) in [6.45, 7) is 2.24. The van der Waals surface area contributed by atoms with Crippen molar-refractivity contribution in [2.24, 2.45) is 5.41 Å². The van der Waals surface area contributed by atoms with Gasteiger partial charge in [-0.2, -0.15) is 0 Å². The van der Waals surface area contributed by atoms with Gasteiger partial charge in [-0.05, 0) is 36.5 Å². The summed E-state index contributed by atoms with van der Waals surface area (Å²) >= 11 is 6.41. The molecule has 3 aromatic rings. The largest absolute Gasteiger partial charge is 0.480 e. The van der Waals surface area contributed by atoms with Crippen LogP contribution in [-0.2, 0) is 35.5 Å². The molecule has 0 fully saturated rings. The number of aromatic nitrogens is 1. The summed E-state index contributed by atoms with van der Waals surface area (Å²) < 4.78 is 3.16. The topological polar surface area (TPSA) is 62.5 Å². The Balaban J connectivity index is 1.65. The summed E-state index contributed by atoms with van der Waals surface area (Å²) in [5, 5.41) is 10.4. The predicted molar refractivity (Wildman–Crippen MR) is 113 cm³/mol. The summed E-state index contributed by atoms with van der Waals surface area (Å²) in [4.78, 5) is 24.6. The molecule has 1 N–H and O–H groups in total. The first-order chi connectivity index (χ1) is 13.9. The van der Waals surface area contributed by atoms with Crippen LogP contribution >= 0.6 is 11.8 Å². The summed E-state index contributed by atoms with van der Waals surface area (Å²) in [7, 11) is 0. The van der Waals surface area contributed by atoms with Crippen molar-refractivity contribution in [2.45, 2.75) is 39.3 Å². The first-order valence-corrected chi connectivity index (χ1v) is 10.1. The second-order valence-corrected chi connectivity index (χ2v) is 8.38. The fourth-order valence-electron chi connectivity index (χ4n) is 4.39. The maximum absolute atomic E-state index is 13.2. The Labute approximate surface area is 174 Å². The maximum atomic E-state index is 13.2. The van der Waals surface area contributed by atoms with Gasteiger partial charge < -0.3 is 9.67 Å². The summed E-state index contributed by atoms with van der Waals surface area (Å²) in [5.41, 5.74) is 3.34. The van der Waals surface area contributed by atoms with Gasteiger partial charge in [-0.15, -0.1) is 0 Å². The summed E-state index contributed by atoms with van der Waals surface area (Å²) in [5.74, 6) is -0.962. The van der Waals surface area contributed by atoms with Crippen LogP contribution in [0.2, 0.25) is 0 Å². The Morgan fingerprint density at radius 2 is 1.83 bits per heavy atom. The van der Waals surface area contributed by atoms with Crippen LogP contribution in [0.15, 0.2) is 54.6 Å². The minimum Gasteiger partial charge on any atom is -0.480 e. The van der Waals surface area contributed by atoms with E-state index < -0.39 is 11.4 Å². The van der Waals surface area contributed by atoms with Gasteiger partial charge in [0.25, 0.3) is 0 Å². The van der Waals surface area contributed by atoms with Crippen LogP contribution < -0.4 is 0 Å². The number of aliphatic carboxylic acids is 1. The number of fused-ring (bicyclic) bond motifs is 3. The Bertz CT molecular complexity index is 1080. The van der Waals surface area contributed by atoms with Gasteiger partial charge in [0.2, 0.25) is 5.91 Å². The molecule has 5 nitrogen and oxygen atoms in total. The summed E-state index contributed by atoms with van der Waals surface area (Å²) in [6, 6.07) is 17.5. The number of para-hydroxylation sites is 1. The van der Waals surface area contributed by atoms with Gasteiger partial charge in [-0.3, -0.25) is 9.59 Å². The molecule has 0 aliphatic heterocycles. The van der Waals surface area contributed by atoms with Gasteiger partial charge in [0, 0.05) is 28.4 Å². The Hall–Kier alpha value is -2.79. The van der Waals surface area contributed by atoms with E-state index in [1.165, 1.54) is 4.42 Å². The molecular weight excluding hydrogens is 388 g/mol. The van der Waals surface area contributed by atoms with E-state index in [1.54, 1.807) is 0 Å². The molecule has 1 amide bonds. The highest BCUT2D eigenvalue weighted by molar-refractivity contribution is 6.22. The van der Waals surface area contributed by atoms with Crippen LogP contribution in [0.4, 0.5) is 0 Å². The highest BCUT2D eigenvalue weighted by Gasteiger charge is 2.41. The molecule has 1 aliphatic rings. The molecule has 0 saturated heterocycles. The number of carbonyl (C=O) groups is 2. The van der Waals surface area contributed by atoms with E-state index in [0.29, 0.717) is 25.8 Å². The normalized spacial score (nSPS) is 18.4. The van der Waals surface area contributed by atoms with Crippen molar-refractivity contribution in [2.75, 3.05) is 0 Å². The molecule has 2 aromatic carbocycles. The zero-order valence-corrected chi connectivity index (χ0v) is 17.0. The number of hydrogen-bond acceptors (Lipinski definition) is 2. The van der Waals surface area contributed by atoms with Crippen LogP contribution in [0.5, 0.6) is 0 Å². The quantitative estimate of drug-likeness (QED) is 0.634. The highest BCUT2D eigenvalue weighted by atomic mass is 35.5. The highest BCUT2D eigenvalue weighted by Crippen LogP contribution is 2.42. The number of halogens is 1. The molecule has 1 heterocycles. The lowest BCUT2D eigenvalue weighted by atomic mass is 9.73. The number of carbonyl (C=O) groups excluding carboxylic acids is 1. The smallest absolute Gasteiger partial charge is 0.323 e. The molecular formula is C23H23ClN2O3. The molecule has 0 saturated carbocycles. The maximum Gasteiger partial charge on any atom is 0.323 e. The third kappa shape index (κ3) is 3.62. The predicted octanol–water partition coefficient (Wildman–Crippen LogP) is 4.40. The van der Waals surface area contributed by atoms with Gasteiger partial charge in [-0.25, -0.2) is 4.42 Å². The van der Waals surface area contributed by atoms with Crippen molar-refractivity contribution in [1.29, 1.82) is 0 Å². The van der Waals surface area contributed by atoms with Gasteiger partial charge in [0.1, 0.15) is 6.54 Å². The molecule has 150 valence electrons. The SMILES string of the molecule is CC1(C(=O)N(Cl)Cc2ccccc2)CCc2c(c3ccccc3n2CC(=O)O)C1. The zero-order valence-electron chi connectivity index (χ0n) is 16.3. The minimum atomic E-state index is -0.868. The molecule has 0 spiro atoms. The third-order valence-electron chi connectivity index (χ3n) is 5.87. The fraction of sp³-hybridized carbons (Fsp3) is 0.304. The van der Waals surface area contributed by atoms with Crippen molar-refractivity contribution in [3.8, 4) is 0 Å². The van der Waals surface area contributed by atoms with E-state index in [-0.39, 0.29) is 12.5 Å². The standard InChI is InChI=1S/C23H23ClN2O3/c1-23(22(29)26(24)14-16-7-3-2-4-8-16)12-11-20-18(13-23)17-9-5-6-10-19(17)25(20)15-21(27)28/h2-10H,11-15H2,1H3,(H,27,28). The van der Waals surface area contributed by atoms with Gasteiger partial charge in [0.05, 0.1) is 12.0 Å².